The molecule has 3 aromatic rings. The summed E-state index contributed by atoms with van der Waals surface area (Å²) in [6.07, 6.45) is 8.71. The van der Waals surface area contributed by atoms with Crippen LogP contribution in [0.15, 0.2) is 58.9 Å². The molecule has 1 fully saturated rings. The highest BCUT2D eigenvalue weighted by Crippen LogP contribution is 2.26. The van der Waals surface area contributed by atoms with Crippen LogP contribution in [-0.2, 0) is 6.54 Å². The maximum absolute atomic E-state index is 12.3. The van der Waals surface area contributed by atoms with Gasteiger partial charge in [0.2, 0.25) is 0 Å². The molecule has 1 saturated carbocycles. The molecule has 0 radical (unpaired) electrons. The Labute approximate surface area is 141 Å². The molecule has 0 bridgehead atoms. The number of aromatic amines is 1. The molecule has 0 aliphatic heterocycles. The van der Waals surface area contributed by atoms with Gasteiger partial charge in [-0.2, -0.15) is 0 Å². The van der Waals surface area contributed by atoms with E-state index in [4.69, 9.17) is 0 Å². The van der Waals surface area contributed by atoms with E-state index < -0.39 is 0 Å². The lowest BCUT2D eigenvalue weighted by Crippen LogP contribution is -2.17. The highest BCUT2D eigenvalue weighted by atomic mass is 16.1. The van der Waals surface area contributed by atoms with Crippen LogP contribution in [0.2, 0.25) is 0 Å². The SMILES string of the molecule is O=c1[nH]c2ccccc2n1Cc1ccccc1C=C1CCCCC1. The molecule has 1 heterocycles. The minimum Gasteiger partial charge on any atom is -0.306 e. The van der Waals surface area contributed by atoms with E-state index in [-0.39, 0.29) is 5.69 Å². The highest BCUT2D eigenvalue weighted by molar-refractivity contribution is 5.75. The second-order valence-corrected chi connectivity index (χ2v) is 6.60. The van der Waals surface area contributed by atoms with Crippen LogP contribution in [0.3, 0.4) is 0 Å². The van der Waals surface area contributed by atoms with Crippen molar-refractivity contribution < 1.29 is 0 Å². The van der Waals surface area contributed by atoms with Crippen molar-refractivity contribution in [3.8, 4) is 0 Å². The summed E-state index contributed by atoms with van der Waals surface area (Å²) in [7, 11) is 0. The predicted molar refractivity (Wildman–Crippen MR) is 99.2 cm³/mol. The Balaban J connectivity index is 1.72. The summed E-state index contributed by atoms with van der Waals surface area (Å²) in [6.45, 7) is 0.600. The highest BCUT2D eigenvalue weighted by Gasteiger charge is 2.10. The minimum atomic E-state index is -0.0451. The van der Waals surface area contributed by atoms with E-state index in [0.29, 0.717) is 6.54 Å². The third kappa shape index (κ3) is 2.94. The monoisotopic (exact) mass is 318 g/mol. The van der Waals surface area contributed by atoms with Crippen LogP contribution in [0.5, 0.6) is 0 Å². The Morgan fingerprint density at radius 3 is 2.58 bits per heavy atom. The summed E-state index contributed by atoms with van der Waals surface area (Å²) in [5.41, 5.74) is 5.79. The normalized spacial score (nSPS) is 14.9. The fourth-order valence-corrected chi connectivity index (χ4v) is 3.62. The number of allylic oxidation sites excluding steroid dienone is 1. The Hall–Kier alpha value is -2.55. The lowest BCUT2D eigenvalue weighted by atomic mass is 9.92. The summed E-state index contributed by atoms with van der Waals surface area (Å²) in [4.78, 5) is 15.3. The molecule has 0 atom stereocenters. The second-order valence-electron chi connectivity index (χ2n) is 6.60. The predicted octanol–water partition coefficient (Wildman–Crippen LogP) is 4.73. The first-order valence-corrected chi connectivity index (χ1v) is 8.76. The maximum atomic E-state index is 12.3. The Morgan fingerprint density at radius 1 is 0.958 bits per heavy atom. The quantitative estimate of drug-likeness (QED) is 0.745. The van der Waals surface area contributed by atoms with E-state index >= 15 is 0 Å². The van der Waals surface area contributed by atoms with Gasteiger partial charge >= 0.3 is 5.69 Å². The molecule has 122 valence electrons. The standard InChI is InChI=1S/C21H22N2O/c24-21-22-19-12-6-7-13-20(19)23(21)15-18-11-5-4-10-17(18)14-16-8-2-1-3-9-16/h4-7,10-14H,1-3,8-9,15H2,(H,22,24). The minimum absolute atomic E-state index is 0.0451. The van der Waals surface area contributed by atoms with Crippen LogP contribution in [0.25, 0.3) is 17.1 Å². The molecule has 3 nitrogen and oxygen atoms in total. The average molecular weight is 318 g/mol. The van der Waals surface area contributed by atoms with E-state index in [1.54, 1.807) is 5.57 Å². The molecule has 1 aromatic heterocycles. The van der Waals surface area contributed by atoms with Crippen molar-refractivity contribution in [3.05, 3.63) is 75.7 Å². The maximum Gasteiger partial charge on any atom is 0.326 e. The first-order valence-electron chi connectivity index (χ1n) is 8.76. The van der Waals surface area contributed by atoms with Crippen molar-refractivity contribution in [2.75, 3.05) is 0 Å². The van der Waals surface area contributed by atoms with Gasteiger partial charge in [0, 0.05) is 0 Å². The van der Waals surface area contributed by atoms with Gasteiger partial charge in [0.15, 0.2) is 0 Å². The van der Waals surface area contributed by atoms with Gasteiger partial charge in [-0.3, -0.25) is 4.57 Å². The van der Waals surface area contributed by atoms with Crippen LogP contribution in [0.1, 0.15) is 43.2 Å². The zero-order valence-corrected chi connectivity index (χ0v) is 13.8. The molecule has 24 heavy (non-hydrogen) atoms. The molecule has 3 heteroatoms. The molecule has 0 unspecified atom stereocenters. The van der Waals surface area contributed by atoms with E-state index in [0.717, 1.165) is 11.0 Å². The molecule has 1 aliphatic carbocycles. The molecule has 0 amide bonds. The average Bonchev–Trinajstić information content (AvgIpc) is 2.93. The number of nitrogens with zero attached hydrogens (tertiary/aromatic N) is 1. The molecule has 1 N–H and O–H groups in total. The Morgan fingerprint density at radius 2 is 1.71 bits per heavy atom. The first-order chi connectivity index (χ1) is 11.8. The number of fused-ring (bicyclic) bond motifs is 1. The van der Waals surface area contributed by atoms with Gasteiger partial charge in [-0.1, -0.05) is 54.5 Å². The summed E-state index contributed by atoms with van der Waals surface area (Å²) < 4.78 is 1.83. The van der Waals surface area contributed by atoms with Crippen LogP contribution < -0.4 is 5.69 Å². The number of benzene rings is 2. The topological polar surface area (TPSA) is 37.8 Å². The third-order valence-electron chi connectivity index (χ3n) is 4.92. The van der Waals surface area contributed by atoms with Gasteiger partial charge in [-0.15, -0.1) is 0 Å². The number of imidazole rings is 1. The van der Waals surface area contributed by atoms with Crippen molar-refractivity contribution in [2.45, 2.75) is 38.6 Å². The molecule has 1 aliphatic rings. The van der Waals surface area contributed by atoms with Gasteiger partial charge < -0.3 is 4.98 Å². The van der Waals surface area contributed by atoms with E-state index in [1.165, 1.54) is 43.2 Å². The molecule has 2 aromatic carbocycles. The lowest BCUT2D eigenvalue weighted by molar-refractivity contribution is 0.602. The van der Waals surface area contributed by atoms with Gasteiger partial charge in [-0.05, 0) is 48.9 Å². The van der Waals surface area contributed by atoms with Crippen molar-refractivity contribution in [3.63, 3.8) is 0 Å². The van der Waals surface area contributed by atoms with E-state index in [1.807, 2.05) is 28.8 Å². The largest absolute Gasteiger partial charge is 0.326 e. The first kappa shape index (κ1) is 15.0. The van der Waals surface area contributed by atoms with Gasteiger partial charge in [-0.25, -0.2) is 4.79 Å². The number of hydrogen-bond donors (Lipinski definition) is 1. The Bertz CT molecular complexity index is 938. The fraction of sp³-hybridized carbons (Fsp3) is 0.286. The summed E-state index contributed by atoms with van der Waals surface area (Å²) in [5.74, 6) is 0. The van der Waals surface area contributed by atoms with Crippen LogP contribution >= 0.6 is 0 Å². The molecule has 0 spiro atoms. The third-order valence-corrected chi connectivity index (χ3v) is 4.92. The number of para-hydroxylation sites is 2. The zero-order valence-electron chi connectivity index (χ0n) is 13.8. The summed E-state index contributed by atoms with van der Waals surface area (Å²) >= 11 is 0. The fourth-order valence-electron chi connectivity index (χ4n) is 3.62. The van der Waals surface area contributed by atoms with Crippen LogP contribution in [0, 0.1) is 0 Å². The van der Waals surface area contributed by atoms with Crippen molar-refractivity contribution in [1.29, 1.82) is 0 Å². The van der Waals surface area contributed by atoms with Crippen molar-refractivity contribution in [2.24, 2.45) is 0 Å². The van der Waals surface area contributed by atoms with Gasteiger partial charge in [0.1, 0.15) is 0 Å². The molecule has 0 saturated heterocycles. The summed E-state index contributed by atoms with van der Waals surface area (Å²) in [5, 5.41) is 0. The molecule has 4 rings (SSSR count). The smallest absolute Gasteiger partial charge is 0.306 e. The van der Waals surface area contributed by atoms with E-state index in [9.17, 15) is 4.79 Å². The van der Waals surface area contributed by atoms with Crippen LogP contribution in [0.4, 0.5) is 0 Å². The van der Waals surface area contributed by atoms with Gasteiger partial charge in [0.05, 0.1) is 17.6 Å². The number of H-pyrrole nitrogens is 1. The van der Waals surface area contributed by atoms with Gasteiger partial charge in [0.25, 0.3) is 0 Å². The number of hydrogen-bond acceptors (Lipinski definition) is 1. The van der Waals surface area contributed by atoms with E-state index in [2.05, 4.69) is 35.3 Å². The summed E-state index contributed by atoms with van der Waals surface area (Å²) in [6, 6.07) is 16.3. The molecular weight excluding hydrogens is 296 g/mol. The van der Waals surface area contributed by atoms with Crippen LogP contribution in [-0.4, -0.2) is 9.55 Å². The number of rotatable bonds is 3. The number of nitrogens with one attached hydrogen (secondary N) is 1. The molecular formula is C21H22N2O. The second kappa shape index (κ2) is 6.52. The Kier molecular flexibility index (Phi) is 4.08. The number of aromatic nitrogens is 2. The lowest BCUT2D eigenvalue weighted by Gasteiger charge is -2.15. The zero-order chi connectivity index (χ0) is 16.4. The van der Waals surface area contributed by atoms with Crippen molar-refractivity contribution in [1.82, 2.24) is 9.55 Å². The van der Waals surface area contributed by atoms with Crippen molar-refractivity contribution >= 4 is 17.1 Å².